The molecule has 2 heterocycles. The first kappa shape index (κ1) is 21.0. The second kappa shape index (κ2) is 8.23. The van der Waals surface area contributed by atoms with Gasteiger partial charge in [0.05, 0.1) is 6.04 Å². The second-order valence-corrected chi connectivity index (χ2v) is 8.75. The molecule has 9 nitrogen and oxygen atoms in total. The minimum absolute atomic E-state index is 0.0945. The SMILES string of the molecule is O=C(CN1C(=O)OCC1Cc1ccccc1)Nc1ccc2c(c1)CCC1(C2)NC(=O)NC1=O. The van der Waals surface area contributed by atoms with Gasteiger partial charge in [0.25, 0.3) is 5.91 Å². The molecule has 0 radical (unpaired) electrons. The van der Waals surface area contributed by atoms with Crippen molar-refractivity contribution in [3.63, 3.8) is 0 Å². The van der Waals surface area contributed by atoms with Crippen LogP contribution in [0.4, 0.5) is 15.3 Å². The van der Waals surface area contributed by atoms with Gasteiger partial charge in [-0.1, -0.05) is 36.4 Å². The number of nitrogens with zero attached hydrogens (tertiary/aromatic N) is 1. The Bertz CT molecular complexity index is 1130. The number of nitrogens with one attached hydrogen (secondary N) is 3. The lowest BCUT2D eigenvalue weighted by molar-refractivity contribution is -0.124. The van der Waals surface area contributed by atoms with Crippen molar-refractivity contribution in [3.8, 4) is 0 Å². The zero-order valence-electron chi connectivity index (χ0n) is 17.9. The van der Waals surface area contributed by atoms with Crippen LogP contribution in [0.5, 0.6) is 0 Å². The largest absolute Gasteiger partial charge is 0.447 e. The van der Waals surface area contributed by atoms with Gasteiger partial charge < -0.3 is 15.4 Å². The van der Waals surface area contributed by atoms with Crippen molar-refractivity contribution >= 4 is 29.6 Å². The van der Waals surface area contributed by atoms with E-state index in [9.17, 15) is 19.2 Å². The third-order valence-electron chi connectivity index (χ3n) is 6.52. The summed E-state index contributed by atoms with van der Waals surface area (Å²) in [5.41, 5.74) is 2.80. The monoisotopic (exact) mass is 448 g/mol. The molecule has 1 aliphatic carbocycles. The average Bonchev–Trinajstić information content (AvgIpc) is 3.27. The van der Waals surface area contributed by atoms with Crippen LogP contribution in [0.3, 0.4) is 0 Å². The molecule has 0 bridgehead atoms. The van der Waals surface area contributed by atoms with Crippen LogP contribution in [0.1, 0.15) is 23.1 Å². The molecule has 9 heteroatoms. The molecule has 5 amide bonds. The van der Waals surface area contributed by atoms with Gasteiger partial charge in [-0.15, -0.1) is 0 Å². The molecular weight excluding hydrogens is 424 g/mol. The van der Waals surface area contributed by atoms with Gasteiger partial charge in [-0.3, -0.25) is 19.8 Å². The van der Waals surface area contributed by atoms with Gasteiger partial charge in [0.15, 0.2) is 0 Å². The summed E-state index contributed by atoms with van der Waals surface area (Å²) >= 11 is 0. The molecule has 2 unspecified atom stereocenters. The summed E-state index contributed by atoms with van der Waals surface area (Å²) in [5, 5.41) is 7.93. The molecule has 3 N–H and O–H groups in total. The number of cyclic esters (lactones) is 1. The summed E-state index contributed by atoms with van der Waals surface area (Å²) < 4.78 is 5.18. The van der Waals surface area contributed by atoms with Crippen molar-refractivity contribution in [2.24, 2.45) is 0 Å². The molecular formula is C24H24N4O5. The maximum absolute atomic E-state index is 12.7. The molecule has 2 aromatic carbocycles. The Morgan fingerprint density at radius 1 is 1.12 bits per heavy atom. The number of aryl methyl sites for hydroxylation is 1. The molecule has 3 aliphatic rings. The summed E-state index contributed by atoms with van der Waals surface area (Å²) in [6.07, 6.45) is 1.64. The number of benzene rings is 2. The van der Waals surface area contributed by atoms with Crippen LogP contribution >= 0.6 is 0 Å². The minimum Gasteiger partial charge on any atom is -0.447 e. The topological polar surface area (TPSA) is 117 Å². The molecule has 33 heavy (non-hydrogen) atoms. The van der Waals surface area contributed by atoms with E-state index < -0.39 is 17.7 Å². The van der Waals surface area contributed by atoms with Gasteiger partial charge in [-0.05, 0) is 48.1 Å². The van der Waals surface area contributed by atoms with Crippen molar-refractivity contribution in [1.82, 2.24) is 15.5 Å². The molecule has 2 atom stereocenters. The summed E-state index contributed by atoms with van der Waals surface area (Å²) in [4.78, 5) is 50.2. The molecule has 0 aromatic heterocycles. The maximum Gasteiger partial charge on any atom is 0.410 e. The van der Waals surface area contributed by atoms with E-state index in [1.807, 2.05) is 42.5 Å². The highest BCUT2D eigenvalue weighted by Gasteiger charge is 2.47. The van der Waals surface area contributed by atoms with Crippen molar-refractivity contribution < 1.29 is 23.9 Å². The normalized spacial score (nSPS) is 23.7. The van der Waals surface area contributed by atoms with Gasteiger partial charge >= 0.3 is 12.1 Å². The third-order valence-corrected chi connectivity index (χ3v) is 6.52. The molecule has 2 saturated heterocycles. The second-order valence-electron chi connectivity index (χ2n) is 8.75. The Balaban J connectivity index is 1.23. The van der Waals surface area contributed by atoms with E-state index in [1.54, 1.807) is 6.07 Å². The lowest BCUT2D eigenvalue weighted by Crippen LogP contribution is -2.51. The Morgan fingerprint density at radius 2 is 1.94 bits per heavy atom. The number of amides is 5. The molecule has 1 spiro atoms. The summed E-state index contributed by atoms with van der Waals surface area (Å²) in [6.45, 7) is 0.161. The number of anilines is 1. The van der Waals surface area contributed by atoms with Crippen molar-refractivity contribution in [2.75, 3.05) is 18.5 Å². The number of rotatable bonds is 5. The molecule has 0 saturated carbocycles. The Hall–Kier alpha value is -3.88. The van der Waals surface area contributed by atoms with Crippen molar-refractivity contribution in [2.45, 2.75) is 37.3 Å². The van der Waals surface area contributed by atoms with Crippen LogP contribution in [-0.2, 0) is 33.6 Å². The van der Waals surface area contributed by atoms with E-state index in [4.69, 9.17) is 4.74 Å². The first-order valence-corrected chi connectivity index (χ1v) is 10.9. The first-order valence-electron chi connectivity index (χ1n) is 10.9. The number of fused-ring (bicyclic) bond motifs is 1. The van der Waals surface area contributed by atoms with Gasteiger partial charge in [0.1, 0.15) is 18.7 Å². The van der Waals surface area contributed by atoms with E-state index in [1.165, 1.54) is 4.90 Å². The molecule has 2 fully saturated rings. The van der Waals surface area contributed by atoms with Crippen LogP contribution in [0, 0.1) is 0 Å². The highest BCUT2D eigenvalue weighted by molar-refractivity contribution is 6.07. The smallest absolute Gasteiger partial charge is 0.410 e. The van der Waals surface area contributed by atoms with E-state index in [0.717, 1.165) is 16.7 Å². The number of hydrogen-bond acceptors (Lipinski definition) is 5. The van der Waals surface area contributed by atoms with Crippen LogP contribution in [-0.4, -0.2) is 53.6 Å². The summed E-state index contributed by atoms with van der Waals surface area (Å²) in [5.74, 6) is -0.598. The lowest BCUT2D eigenvalue weighted by atomic mass is 9.78. The number of carbonyl (C=O) groups is 4. The Labute approximate surface area is 190 Å². The van der Waals surface area contributed by atoms with E-state index in [0.29, 0.717) is 31.4 Å². The van der Waals surface area contributed by atoms with Gasteiger partial charge in [-0.25, -0.2) is 9.59 Å². The number of hydrogen-bond donors (Lipinski definition) is 3. The number of carbonyl (C=O) groups excluding carboxylic acids is 4. The zero-order chi connectivity index (χ0) is 23.0. The molecule has 170 valence electrons. The number of urea groups is 1. The van der Waals surface area contributed by atoms with Crippen LogP contribution < -0.4 is 16.0 Å². The van der Waals surface area contributed by atoms with Gasteiger partial charge in [0, 0.05) is 12.1 Å². The summed E-state index contributed by atoms with van der Waals surface area (Å²) in [6, 6.07) is 14.7. The molecule has 2 aromatic rings. The van der Waals surface area contributed by atoms with E-state index in [2.05, 4.69) is 16.0 Å². The fourth-order valence-electron chi connectivity index (χ4n) is 4.79. The van der Waals surface area contributed by atoms with Gasteiger partial charge in [0.2, 0.25) is 5.91 Å². The zero-order valence-corrected chi connectivity index (χ0v) is 17.9. The summed E-state index contributed by atoms with van der Waals surface area (Å²) in [7, 11) is 0. The van der Waals surface area contributed by atoms with Crippen LogP contribution in [0.2, 0.25) is 0 Å². The minimum atomic E-state index is -0.890. The number of ether oxygens (including phenoxy) is 1. The highest BCUT2D eigenvalue weighted by Crippen LogP contribution is 2.32. The average molecular weight is 448 g/mol. The predicted octanol–water partition coefficient (Wildman–Crippen LogP) is 1.76. The predicted molar refractivity (Wildman–Crippen MR) is 118 cm³/mol. The lowest BCUT2D eigenvalue weighted by Gasteiger charge is -2.32. The van der Waals surface area contributed by atoms with Crippen LogP contribution in [0.15, 0.2) is 48.5 Å². The fourth-order valence-corrected chi connectivity index (χ4v) is 4.79. The maximum atomic E-state index is 12.7. The fraction of sp³-hybridized carbons (Fsp3) is 0.333. The van der Waals surface area contributed by atoms with Crippen molar-refractivity contribution in [1.29, 1.82) is 0 Å². The van der Waals surface area contributed by atoms with Gasteiger partial charge in [-0.2, -0.15) is 0 Å². The Morgan fingerprint density at radius 3 is 2.70 bits per heavy atom. The molecule has 5 rings (SSSR count). The van der Waals surface area contributed by atoms with E-state index in [-0.39, 0.29) is 31.0 Å². The van der Waals surface area contributed by atoms with Crippen molar-refractivity contribution in [3.05, 3.63) is 65.2 Å². The Kier molecular flexibility index (Phi) is 5.24. The quantitative estimate of drug-likeness (QED) is 0.603. The van der Waals surface area contributed by atoms with Crippen LogP contribution in [0.25, 0.3) is 0 Å². The molecule has 2 aliphatic heterocycles. The third kappa shape index (κ3) is 4.13. The standard InChI is InChI=1S/C24H24N4O5/c29-20(13-28-19(14-33-23(28)32)10-15-4-2-1-3-5-15)25-18-7-6-17-12-24(9-8-16(17)11-18)21(30)26-22(31)27-24/h1-7,11,19H,8-10,12-14H2,(H,25,29)(H2,26,27,30,31). The highest BCUT2D eigenvalue weighted by atomic mass is 16.6. The van der Waals surface area contributed by atoms with E-state index >= 15 is 0 Å². The number of imide groups is 1. The first-order chi connectivity index (χ1) is 15.9.